The van der Waals surface area contributed by atoms with Gasteiger partial charge in [-0.2, -0.15) is 0 Å². The van der Waals surface area contributed by atoms with Gasteiger partial charge in [-0.3, -0.25) is 4.98 Å². The summed E-state index contributed by atoms with van der Waals surface area (Å²) < 4.78 is 13.5. The van der Waals surface area contributed by atoms with E-state index >= 15 is 0 Å². The molecule has 0 aliphatic carbocycles. The number of hydrogen-bond donors (Lipinski definition) is 2. The van der Waals surface area contributed by atoms with Gasteiger partial charge >= 0.3 is 5.97 Å². The summed E-state index contributed by atoms with van der Waals surface area (Å²) in [7, 11) is 0. The minimum absolute atomic E-state index is 0.0263. The first-order chi connectivity index (χ1) is 9.58. The van der Waals surface area contributed by atoms with Gasteiger partial charge in [0, 0.05) is 18.8 Å². The molecule has 1 heterocycles. The number of benzene rings is 1. The van der Waals surface area contributed by atoms with Crippen LogP contribution in [0, 0.1) is 5.82 Å². The van der Waals surface area contributed by atoms with E-state index in [9.17, 15) is 9.18 Å². The van der Waals surface area contributed by atoms with Crippen LogP contribution >= 0.6 is 0 Å². The van der Waals surface area contributed by atoms with E-state index in [4.69, 9.17) is 5.11 Å². The normalized spacial score (nSPS) is 12.1. The fraction of sp³-hybridized carbons (Fsp3) is 0.200. The van der Waals surface area contributed by atoms with Gasteiger partial charge in [0.1, 0.15) is 5.82 Å². The lowest BCUT2D eigenvalue weighted by Gasteiger charge is -2.13. The van der Waals surface area contributed by atoms with E-state index in [-0.39, 0.29) is 11.6 Å². The van der Waals surface area contributed by atoms with Gasteiger partial charge in [0.25, 0.3) is 0 Å². The van der Waals surface area contributed by atoms with Crippen molar-refractivity contribution in [2.45, 2.75) is 19.5 Å². The Morgan fingerprint density at radius 3 is 2.80 bits per heavy atom. The Bertz CT molecular complexity index is 602. The van der Waals surface area contributed by atoms with Crippen molar-refractivity contribution in [1.82, 2.24) is 10.3 Å². The average molecular weight is 274 g/mol. The lowest BCUT2D eigenvalue weighted by atomic mass is 10.1. The molecule has 1 aromatic carbocycles. The Labute approximate surface area is 116 Å². The van der Waals surface area contributed by atoms with Crippen LogP contribution in [0.25, 0.3) is 0 Å². The summed E-state index contributed by atoms with van der Waals surface area (Å²) in [4.78, 5) is 15.0. The first kappa shape index (κ1) is 14.1. The molecule has 0 aliphatic rings. The molecule has 0 spiro atoms. The van der Waals surface area contributed by atoms with Crippen LogP contribution in [-0.2, 0) is 6.54 Å². The molecular formula is C15H15FN2O2. The molecule has 0 saturated carbocycles. The predicted molar refractivity (Wildman–Crippen MR) is 72.9 cm³/mol. The van der Waals surface area contributed by atoms with Crippen LogP contribution < -0.4 is 5.32 Å². The first-order valence-corrected chi connectivity index (χ1v) is 6.24. The molecule has 1 atom stereocenters. The average Bonchev–Trinajstić information content (AvgIpc) is 2.45. The zero-order valence-corrected chi connectivity index (χ0v) is 11.0. The molecule has 2 rings (SSSR count). The highest BCUT2D eigenvalue weighted by Gasteiger charge is 2.11. The summed E-state index contributed by atoms with van der Waals surface area (Å²) in [5.41, 5.74) is 1.27. The number of halogens is 1. The van der Waals surface area contributed by atoms with Crippen LogP contribution in [0.2, 0.25) is 0 Å². The topological polar surface area (TPSA) is 62.2 Å². The number of carbonyl (C=O) groups is 1. The van der Waals surface area contributed by atoms with Gasteiger partial charge in [0.05, 0.1) is 11.3 Å². The zero-order valence-electron chi connectivity index (χ0n) is 11.0. The van der Waals surface area contributed by atoms with Crippen LogP contribution in [-0.4, -0.2) is 16.1 Å². The Morgan fingerprint density at radius 2 is 2.20 bits per heavy atom. The van der Waals surface area contributed by atoms with Crippen molar-refractivity contribution in [3.8, 4) is 0 Å². The molecule has 2 N–H and O–H groups in total. The summed E-state index contributed by atoms with van der Waals surface area (Å²) in [6.07, 6.45) is 1.72. The van der Waals surface area contributed by atoms with Crippen molar-refractivity contribution < 1.29 is 14.3 Å². The molecule has 0 aliphatic heterocycles. The third-order valence-electron chi connectivity index (χ3n) is 3.01. The van der Waals surface area contributed by atoms with E-state index in [2.05, 4.69) is 10.3 Å². The maximum Gasteiger partial charge on any atom is 0.338 e. The summed E-state index contributed by atoms with van der Waals surface area (Å²) in [5, 5.41) is 12.0. The number of hydrogen-bond acceptors (Lipinski definition) is 3. The second kappa shape index (κ2) is 6.25. The van der Waals surface area contributed by atoms with Crippen molar-refractivity contribution in [2.75, 3.05) is 0 Å². The molecule has 104 valence electrons. The van der Waals surface area contributed by atoms with Crippen LogP contribution in [0.15, 0.2) is 42.6 Å². The minimum atomic E-state index is -1.26. The Balaban J connectivity index is 2.01. The lowest BCUT2D eigenvalue weighted by molar-refractivity contribution is 0.0692. The van der Waals surface area contributed by atoms with Gasteiger partial charge in [0.2, 0.25) is 0 Å². The predicted octanol–water partition coefficient (Wildman–Crippen LogP) is 2.77. The van der Waals surface area contributed by atoms with Gasteiger partial charge in [-0.15, -0.1) is 0 Å². The highest BCUT2D eigenvalue weighted by Crippen LogP contribution is 2.13. The minimum Gasteiger partial charge on any atom is -0.478 e. The smallest absolute Gasteiger partial charge is 0.338 e. The van der Waals surface area contributed by atoms with Gasteiger partial charge in [-0.05, 0) is 36.8 Å². The number of pyridine rings is 1. The monoisotopic (exact) mass is 274 g/mol. The lowest BCUT2D eigenvalue weighted by Crippen LogP contribution is -2.19. The maximum absolute atomic E-state index is 13.5. The van der Waals surface area contributed by atoms with Gasteiger partial charge in [0.15, 0.2) is 0 Å². The molecule has 5 heteroatoms. The van der Waals surface area contributed by atoms with Crippen molar-refractivity contribution in [2.24, 2.45) is 0 Å². The Morgan fingerprint density at radius 1 is 1.40 bits per heavy atom. The van der Waals surface area contributed by atoms with E-state index < -0.39 is 11.8 Å². The number of rotatable bonds is 5. The molecule has 0 fully saturated rings. The van der Waals surface area contributed by atoms with Crippen LogP contribution in [0.1, 0.15) is 34.6 Å². The second-order valence-electron chi connectivity index (χ2n) is 4.48. The van der Waals surface area contributed by atoms with Crippen LogP contribution in [0.3, 0.4) is 0 Å². The second-order valence-corrected chi connectivity index (χ2v) is 4.48. The molecular weight excluding hydrogens is 259 g/mol. The SMILES string of the molecule is C[C@@H](NCc1ccc(C(=O)O)c(F)c1)c1ccccn1. The first-order valence-electron chi connectivity index (χ1n) is 6.24. The number of nitrogens with one attached hydrogen (secondary N) is 1. The Hall–Kier alpha value is -2.27. The van der Waals surface area contributed by atoms with Crippen LogP contribution in [0.4, 0.5) is 4.39 Å². The largest absolute Gasteiger partial charge is 0.478 e. The number of carboxylic acid groups (broad SMARTS) is 1. The highest BCUT2D eigenvalue weighted by molar-refractivity contribution is 5.87. The van der Waals surface area contributed by atoms with Crippen molar-refractivity contribution in [3.05, 3.63) is 65.2 Å². The molecule has 0 unspecified atom stereocenters. The van der Waals surface area contributed by atoms with E-state index in [0.717, 1.165) is 5.69 Å². The van der Waals surface area contributed by atoms with E-state index in [1.165, 1.54) is 12.1 Å². The molecule has 2 aromatic rings. The standard InChI is InChI=1S/C15H15FN2O2/c1-10(14-4-2-3-7-17-14)18-9-11-5-6-12(15(19)20)13(16)8-11/h2-8,10,18H,9H2,1H3,(H,19,20)/t10-/m1/s1. The molecule has 20 heavy (non-hydrogen) atoms. The number of aromatic nitrogens is 1. The Kier molecular flexibility index (Phi) is 4.42. The van der Waals surface area contributed by atoms with E-state index in [1.54, 1.807) is 12.3 Å². The highest BCUT2D eigenvalue weighted by atomic mass is 19.1. The summed E-state index contributed by atoms with van der Waals surface area (Å²) in [6, 6.07) is 9.80. The third-order valence-corrected chi connectivity index (χ3v) is 3.01. The molecule has 1 aromatic heterocycles. The summed E-state index contributed by atoms with van der Waals surface area (Å²) >= 11 is 0. The molecule has 0 bridgehead atoms. The quantitative estimate of drug-likeness (QED) is 0.880. The van der Waals surface area contributed by atoms with Gasteiger partial charge < -0.3 is 10.4 Å². The fourth-order valence-electron chi connectivity index (χ4n) is 1.85. The molecule has 0 saturated heterocycles. The molecule has 0 amide bonds. The van der Waals surface area contributed by atoms with E-state index in [1.807, 2.05) is 25.1 Å². The van der Waals surface area contributed by atoms with E-state index in [0.29, 0.717) is 12.1 Å². The van der Waals surface area contributed by atoms with Gasteiger partial charge in [-0.1, -0.05) is 12.1 Å². The van der Waals surface area contributed by atoms with Crippen molar-refractivity contribution in [1.29, 1.82) is 0 Å². The summed E-state index contributed by atoms with van der Waals surface area (Å²) in [5.74, 6) is -1.98. The van der Waals surface area contributed by atoms with Crippen molar-refractivity contribution in [3.63, 3.8) is 0 Å². The molecule has 4 nitrogen and oxygen atoms in total. The maximum atomic E-state index is 13.5. The summed E-state index contributed by atoms with van der Waals surface area (Å²) in [6.45, 7) is 2.40. The van der Waals surface area contributed by atoms with Gasteiger partial charge in [-0.25, -0.2) is 9.18 Å². The fourth-order valence-corrected chi connectivity index (χ4v) is 1.85. The number of aromatic carboxylic acids is 1. The third kappa shape index (κ3) is 3.39. The number of nitrogens with zero attached hydrogens (tertiary/aromatic N) is 1. The molecule has 0 radical (unpaired) electrons. The zero-order chi connectivity index (χ0) is 14.5. The van der Waals surface area contributed by atoms with Crippen molar-refractivity contribution >= 4 is 5.97 Å². The number of carboxylic acids is 1. The van der Waals surface area contributed by atoms with Crippen LogP contribution in [0.5, 0.6) is 0 Å².